The zero-order valence-electron chi connectivity index (χ0n) is 21.1. The number of amides is 3. The number of likely N-dealkylation sites (N-methyl/N-ethyl adjacent to an activating group) is 2. The van der Waals surface area contributed by atoms with E-state index in [0.717, 1.165) is 9.47 Å². The Bertz CT molecular complexity index is 1350. The van der Waals surface area contributed by atoms with Crippen LogP contribution in [0.15, 0.2) is 23.0 Å². The van der Waals surface area contributed by atoms with Crippen LogP contribution in [-0.4, -0.2) is 69.0 Å². The largest absolute Gasteiger partial charge is 0.501 e. The van der Waals surface area contributed by atoms with Crippen molar-refractivity contribution in [3.8, 4) is 5.75 Å². The molecule has 2 N–H and O–H groups in total. The lowest BCUT2D eigenvalue weighted by Crippen LogP contribution is -2.54. The lowest BCUT2D eigenvalue weighted by atomic mass is 9.75. The summed E-state index contributed by atoms with van der Waals surface area (Å²) in [6.07, 6.45) is 0.130. The Labute approximate surface area is 211 Å². The minimum atomic E-state index is -1.77. The number of halogens is 2. The number of hydrogen-bond donors (Lipinski definition) is 2. The molecule has 2 aliphatic heterocycles. The van der Waals surface area contributed by atoms with Crippen molar-refractivity contribution in [3.05, 3.63) is 57.0 Å². The van der Waals surface area contributed by atoms with E-state index >= 15 is 4.39 Å². The maximum Gasteiger partial charge on any atom is 0.312 e. The lowest BCUT2D eigenvalue weighted by Gasteiger charge is -2.44. The van der Waals surface area contributed by atoms with Crippen molar-refractivity contribution in [1.29, 1.82) is 0 Å². The molecule has 2 aromatic rings. The van der Waals surface area contributed by atoms with Crippen LogP contribution in [0.2, 0.25) is 0 Å². The maximum atomic E-state index is 15.6. The number of rotatable bonds is 4. The van der Waals surface area contributed by atoms with E-state index in [1.54, 1.807) is 13.0 Å². The van der Waals surface area contributed by atoms with Crippen LogP contribution in [0.3, 0.4) is 0 Å². The van der Waals surface area contributed by atoms with Gasteiger partial charge in [-0.25, -0.2) is 13.8 Å². The number of aryl methyl sites for hydroxylation is 1. The van der Waals surface area contributed by atoms with E-state index < -0.39 is 58.3 Å². The summed E-state index contributed by atoms with van der Waals surface area (Å²) < 4.78 is 30.1. The Hall–Kier alpha value is -3.83. The molecule has 3 heterocycles. The standard InChI is InChI=1S/C25H29F2N5O5/c1-14-11-15(5-6-16(14)26)12-28-19(34)17-18(33)20(35)32-13-24(27)7-9-25(10-8-24,23(32)29-17)31(4)22(37)21(36)30(2)3/h5-6,11,33H,7-10,12-13H2,1-4H3,(H,28,34). The van der Waals surface area contributed by atoms with Gasteiger partial charge < -0.3 is 20.2 Å². The molecule has 12 heteroatoms. The van der Waals surface area contributed by atoms with Crippen molar-refractivity contribution in [1.82, 2.24) is 24.7 Å². The van der Waals surface area contributed by atoms with E-state index in [0.29, 0.717) is 11.1 Å². The minimum absolute atomic E-state index is 0.00418. The molecule has 0 radical (unpaired) electrons. The summed E-state index contributed by atoms with van der Waals surface area (Å²) in [6, 6.07) is 4.29. The number of carbonyl (C=O) groups is 3. The number of nitrogens with zero attached hydrogens (tertiary/aromatic N) is 4. The maximum absolute atomic E-state index is 15.6. The fourth-order valence-corrected chi connectivity index (χ4v) is 5.08. The molecule has 2 bridgehead atoms. The summed E-state index contributed by atoms with van der Waals surface area (Å²) in [4.78, 5) is 58.3. The van der Waals surface area contributed by atoms with Crippen LogP contribution in [-0.2, 0) is 28.2 Å². The Morgan fingerprint density at radius 2 is 1.78 bits per heavy atom. The van der Waals surface area contributed by atoms with E-state index in [2.05, 4.69) is 10.3 Å². The molecule has 1 aromatic carbocycles. The quantitative estimate of drug-likeness (QED) is 0.591. The van der Waals surface area contributed by atoms with Crippen molar-refractivity contribution in [3.63, 3.8) is 0 Å². The number of alkyl halides is 1. The molecule has 3 aliphatic rings. The Morgan fingerprint density at radius 1 is 1.14 bits per heavy atom. The molecule has 1 aliphatic carbocycles. The topological polar surface area (TPSA) is 125 Å². The van der Waals surface area contributed by atoms with Gasteiger partial charge in [0.15, 0.2) is 5.69 Å². The van der Waals surface area contributed by atoms with Gasteiger partial charge >= 0.3 is 11.8 Å². The molecule has 0 unspecified atom stereocenters. The van der Waals surface area contributed by atoms with Crippen LogP contribution in [0.1, 0.15) is 53.1 Å². The second-order valence-corrected chi connectivity index (χ2v) is 10.0. The molecule has 3 amide bonds. The highest BCUT2D eigenvalue weighted by atomic mass is 19.1. The van der Waals surface area contributed by atoms with Gasteiger partial charge in [0.1, 0.15) is 22.8 Å². The van der Waals surface area contributed by atoms with E-state index in [1.807, 2.05) is 0 Å². The summed E-state index contributed by atoms with van der Waals surface area (Å²) >= 11 is 0. The summed E-state index contributed by atoms with van der Waals surface area (Å²) in [6.45, 7) is 1.14. The van der Waals surface area contributed by atoms with Crippen LogP contribution < -0.4 is 10.9 Å². The van der Waals surface area contributed by atoms with Gasteiger partial charge in [-0.05, 0) is 49.8 Å². The van der Waals surface area contributed by atoms with Crippen molar-refractivity contribution < 1.29 is 28.3 Å². The number of fused-ring (bicyclic) bond motifs is 2. The average molecular weight is 518 g/mol. The lowest BCUT2D eigenvalue weighted by molar-refractivity contribution is -0.155. The first-order valence-corrected chi connectivity index (χ1v) is 11.9. The van der Waals surface area contributed by atoms with Crippen molar-refractivity contribution >= 4 is 17.7 Å². The third-order valence-electron chi connectivity index (χ3n) is 7.40. The van der Waals surface area contributed by atoms with Crippen LogP contribution >= 0.6 is 0 Å². The normalized spacial score (nSPS) is 22.1. The van der Waals surface area contributed by atoms with Gasteiger partial charge in [-0.1, -0.05) is 12.1 Å². The van der Waals surface area contributed by atoms with Gasteiger partial charge in [-0.3, -0.25) is 23.7 Å². The third-order valence-corrected chi connectivity index (χ3v) is 7.40. The van der Waals surface area contributed by atoms with Gasteiger partial charge in [0.25, 0.3) is 11.5 Å². The van der Waals surface area contributed by atoms with E-state index in [-0.39, 0.29) is 38.1 Å². The van der Waals surface area contributed by atoms with Crippen LogP contribution in [0.25, 0.3) is 0 Å². The average Bonchev–Trinajstić information content (AvgIpc) is 3.07. The zero-order valence-corrected chi connectivity index (χ0v) is 21.1. The van der Waals surface area contributed by atoms with Crippen molar-refractivity contribution in [2.24, 2.45) is 0 Å². The molecule has 0 saturated heterocycles. The molecule has 1 aromatic heterocycles. The molecular formula is C25H29F2N5O5. The van der Waals surface area contributed by atoms with E-state index in [9.17, 15) is 28.7 Å². The molecule has 198 valence electrons. The van der Waals surface area contributed by atoms with Gasteiger partial charge in [0, 0.05) is 27.7 Å². The van der Waals surface area contributed by atoms with Gasteiger partial charge in [-0.2, -0.15) is 0 Å². The summed E-state index contributed by atoms with van der Waals surface area (Å²) in [5, 5.41) is 13.1. The van der Waals surface area contributed by atoms with Crippen molar-refractivity contribution in [2.45, 2.75) is 56.9 Å². The molecule has 37 heavy (non-hydrogen) atoms. The highest BCUT2D eigenvalue weighted by Crippen LogP contribution is 2.49. The van der Waals surface area contributed by atoms with Gasteiger partial charge in [-0.15, -0.1) is 0 Å². The molecule has 10 nitrogen and oxygen atoms in total. The molecule has 1 saturated carbocycles. The zero-order chi connectivity index (χ0) is 27.3. The predicted molar refractivity (Wildman–Crippen MR) is 128 cm³/mol. The second-order valence-electron chi connectivity index (χ2n) is 10.0. The first-order valence-electron chi connectivity index (χ1n) is 11.9. The Balaban J connectivity index is 1.77. The van der Waals surface area contributed by atoms with E-state index in [4.69, 9.17) is 0 Å². The fraction of sp³-hybridized carbons (Fsp3) is 0.480. The molecule has 0 atom stereocenters. The fourth-order valence-electron chi connectivity index (χ4n) is 5.08. The monoisotopic (exact) mass is 517 g/mol. The van der Waals surface area contributed by atoms with Crippen LogP contribution in [0.4, 0.5) is 8.78 Å². The number of aromatic nitrogens is 2. The summed E-state index contributed by atoms with van der Waals surface area (Å²) in [5.74, 6) is -3.96. The number of benzene rings is 1. The smallest absolute Gasteiger partial charge is 0.312 e. The Kier molecular flexibility index (Phi) is 6.55. The third kappa shape index (κ3) is 4.44. The number of carbonyl (C=O) groups excluding carboxylic acids is 3. The highest BCUT2D eigenvalue weighted by molar-refractivity contribution is 6.34. The van der Waals surface area contributed by atoms with Gasteiger partial charge in [0.2, 0.25) is 5.75 Å². The molecular weight excluding hydrogens is 488 g/mol. The SMILES string of the molecule is Cc1cc(CNC(=O)c2nc3n(c(=O)c2O)CC2(F)CCC3(N(C)C(=O)C(=O)N(C)C)CC2)ccc1F. The second kappa shape index (κ2) is 9.24. The molecule has 1 fully saturated rings. The van der Waals surface area contributed by atoms with Crippen molar-refractivity contribution in [2.75, 3.05) is 21.1 Å². The first kappa shape index (κ1) is 26.2. The van der Waals surface area contributed by atoms with Gasteiger partial charge in [0.05, 0.1) is 6.54 Å². The molecule has 0 spiro atoms. The minimum Gasteiger partial charge on any atom is -0.501 e. The van der Waals surface area contributed by atoms with E-state index in [1.165, 1.54) is 38.2 Å². The predicted octanol–water partition coefficient (Wildman–Crippen LogP) is 1.36. The highest BCUT2D eigenvalue weighted by Gasteiger charge is 2.55. The number of nitrogens with one attached hydrogen (secondary N) is 1. The summed E-state index contributed by atoms with van der Waals surface area (Å²) in [7, 11) is 4.23. The Morgan fingerprint density at radius 3 is 2.38 bits per heavy atom. The number of aromatic hydroxyl groups is 1. The van der Waals surface area contributed by atoms with Crippen LogP contribution in [0, 0.1) is 12.7 Å². The van der Waals surface area contributed by atoms with Crippen LogP contribution in [0.5, 0.6) is 5.75 Å². The first-order chi connectivity index (χ1) is 17.3. The number of hydrogen-bond acceptors (Lipinski definition) is 6. The molecule has 5 rings (SSSR count). The summed E-state index contributed by atoms with van der Waals surface area (Å²) in [5.41, 5.74) is -3.73.